The van der Waals surface area contributed by atoms with Gasteiger partial charge < -0.3 is 10.5 Å². The van der Waals surface area contributed by atoms with Crippen LogP contribution in [0.3, 0.4) is 0 Å². The van der Waals surface area contributed by atoms with Crippen molar-refractivity contribution in [3.63, 3.8) is 0 Å². The first kappa shape index (κ1) is 12.4. The van der Waals surface area contributed by atoms with Crippen LogP contribution >= 0.6 is 0 Å². The lowest BCUT2D eigenvalue weighted by Crippen LogP contribution is -2.37. The largest absolute Gasteiger partial charge is 0.380 e. The standard InChI is InChI=1S/C17H19NO/c18-17-12-19-11-10-16(17)15-8-6-14(7-9-15)13-4-2-1-3-5-13/h1-9,16-17H,10-12,18H2/t16-,17-/m1/s1. The topological polar surface area (TPSA) is 35.2 Å². The first-order valence-corrected chi connectivity index (χ1v) is 6.83. The SMILES string of the molecule is N[C@@H]1COCC[C@@H]1c1ccc(-c2ccccc2)cc1. The second-order valence-electron chi connectivity index (χ2n) is 5.12. The number of rotatable bonds is 2. The maximum atomic E-state index is 6.14. The van der Waals surface area contributed by atoms with Gasteiger partial charge in [-0.2, -0.15) is 0 Å². The number of hydrogen-bond donors (Lipinski definition) is 1. The highest BCUT2D eigenvalue weighted by Crippen LogP contribution is 2.28. The van der Waals surface area contributed by atoms with Gasteiger partial charge >= 0.3 is 0 Å². The van der Waals surface area contributed by atoms with Gasteiger partial charge in [0.1, 0.15) is 0 Å². The van der Waals surface area contributed by atoms with Gasteiger partial charge in [-0.1, -0.05) is 54.6 Å². The van der Waals surface area contributed by atoms with E-state index in [-0.39, 0.29) is 6.04 Å². The summed E-state index contributed by atoms with van der Waals surface area (Å²) in [6, 6.07) is 19.4. The van der Waals surface area contributed by atoms with Crippen LogP contribution in [0.5, 0.6) is 0 Å². The molecule has 0 radical (unpaired) electrons. The van der Waals surface area contributed by atoms with Crippen LogP contribution in [-0.2, 0) is 4.74 Å². The Labute approximate surface area is 114 Å². The summed E-state index contributed by atoms with van der Waals surface area (Å²) in [6.07, 6.45) is 1.02. The second-order valence-corrected chi connectivity index (χ2v) is 5.12. The molecule has 0 amide bonds. The smallest absolute Gasteiger partial charge is 0.0623 e. The van der Waals surface area contributed by atoms with Crippen LogP contribution in [0.2, 0.25) is 0 Å². The molecular formula is C17H19NO. The van der Waals surface area contributed by atoms with E-state index in [9.17, 15) is 0 Å². The summed E-state index contributed by atoms with van der Waals surface area (Å²) in [5, 5.41) is 0. The van der Waals surface area contributed by atoms with Crippen molar-refractivity contribution in [2.24, 2.45) is 5.73 Å². The zero-order chi connectivity index (χ0) is 13.1. The molecule has 3 rings (SSSR count). The molecule has 1 aliphatic rings. The summed E-state index contributed by atoms with van der Waals surface area (Å²) in [5.74, 6) is 0.429. The third-order valence-electron chi connectivity index (χ3n) is 3.85. The molecule has 0 aromatic heterocycles. The van der Waals surface area contributed by atoms with E-state index in [1.807, 2.05) is 6.07 Å². The fraction of sp³-hybridized carbons (Fsp3) is 0.294. The second kappa shape index (κ2) is 5.55. The Morgan fingerprint density at radius 1 is 0.895 bits per heavy atom. The lowest BCUT2D eigenvalue weighted by molar-refractivity contribution is 0.0696. The molecule has 1 fully saturated rings. The molecule has 1 heterocycles. The highest BCUT2D eigenvalue weighted by Gasteiger charge is 2.23. The van der Waals surface area contributed by atoms with E-state index in [1.54, 1.807) is 0 Å². The van der Waals surface area contributed by atoms with E-state index in [4.69, 9.17) is 10.5 Å². The van der Waals surface area contributed by atoms with Crippen LogP contribution < -0.4 is 5.73 Å². The Morgan fingerprint density at radius 3 is 2.26 bits per heavy atom. The van der Waals surface area contributed by atoms with E-state index < -0.39 is 0 Å². The van der Waals surface area contributed by atoms with E-state index in [0.717, 1.165) is 13.0 Å². The molecule has 2 N–H and O–H groups in total. The maximum absolute atomic E-state index is 6.14. The fourth-order valence-electron chi connectivity index (χ4n) is 2.73. The van der Waals surface area contributed by atoms with Crippen LogP contribution in [0.25, 0.3) is 11.1 Å². The van der Waals surface area contributed by atoms with E-state index in [0.29, 0.717) is 12.5 Å². The molecule has 2 nitrogen and oxygen atoms in total. The third kappa shape index (κ3) is 2.70. The molecule has 19 heavy (non-hydrogen) atoms. The maximum Gasteiger partial charge on any atom is 0.0623 e. The third-order valence-corrected chi connectivity index (χ3v) is 3.85. The number of hydrogen-bond acceptors (Lipinski definition) is 2. The minimum atomic E-state index is 0.122. The van der Waals surface area contributed by atoms with Gasteiger partial charge in [-0.05, 0) is 23.1 Å². The van der Waals surface area contributed by atoms with Crippen LogP contribution in [0.15, 0.2) is 54.6 Å². The van der Waals surface area contributed by atoms with E-state index in [2.05, 4.69) is 48.5 Å². The lowest BCUT2D eigenvalue weighted by atomic mass is 9.87. The Bertz CT molecular complexity index is 521. The van der Waals surface area contributed by atoms with Crippen molar-refractivity contribution in [1.29, 1.82) is 0 Å². The van der Waals surface area contributed by atoms with Crippen molar-refractivity contribution in [3.8, 4) is 11.1 Å². The van der Waals surface area contributed by atoms with Gasteiger partial charge in [-0.3, -0.25) is 0 Å². The zero-order valence-electron chi connectivity index (χ0n) is 11.0. The summed E-state index contributed by atoms with van der Waals surface area (Å²) in [5.41, 5.74) is 9.97. The average molecular weight is 253 g/mol. The monoisotopic (exact) mass is 253 g/mol. The van der Waals surface area contributed by atoms with Crippen molar-refractivity contribution in [2.45, 2.75) is 18.4 Å². The fourth-order valence-corrected chi connectivity index (χ4v) is 2.73. The highest BCUT2D eigenvalue weighted by atomic mass is 16.5. The zero-order valence-corrected chi connectivity index (χ0v) is 11.0. The van der Waals surface area contributed by atoms with E-state index in [1.165, 1.54) is 16.7 Å². The van der Waals surface area contributed by atoms with Crippen molar-refractivity contribution < 1.29 is 4.74 Å². The molecule has 2 heteroatoms. The minimum absolute atomic E-state index is 0.122. The van der Waals surface area contributed by atoms with Crippen molar-refractivity contribution in [2.75, 3.05) is 13.2 Å². The molecule has 2 aromatic carbocycles. The molecule has 0 spiro atoms. The van der Waals surface area contributed by atoms with Crippen molar-refractivity contribution in [1.82, 2.24) is 0 Å². The summed E-state index contributed by atoms with van der Waals surface area (Å²) in [6.45, 7) is 1.49. The molecule has 0 bridgehead atoms. The highest BCUT2D eigenvalue weighted by molar-refractivity contribution is 5.63. The predicted molar refractivity (Wildman–Crippen MR) is 78.0 cm³/mol. The Balaban J connectivity index is 1.83. The quantitative estimate of drug-likeness (QED) is 0.892. The lowest BCUT2D eigenvalue weighted by Gasteiger charge is -2.29. The first-order valence-electron chi connectivity index (χ1n) is 6.83. The molecule has 0 saturated carbocycles. The van der Waals surface area contributed by atoms with Crippen molar-refractivity contribution >= 4 is 0 Å². The number of ether oxygens (including phenoxy) is 1. The Kier molecular flexibility index (Phi) is 3.62. The molecular weight excluding hydrogens is 234 g/mol. The summed E-state index contributed by atoms with van der Waals surface area (Å²) < 4.78 is 5.40. The molecule has 2 aromatic rings. The molecule has 98 valence electrons. The molecule has 1 saturated heterocycles. The van der Waals surface area contributed by atoms with Crippen LogP contribution in [0.4, 0.5) is 0 Å². The van der Waals surface area contributed by atoms with Gasteiger partial charge in [0.05, 0.1) is 6.61 Å². The van der Waals surface area contributed by atoms with Crippen LogP contribution in [0, 0.1) is 0 Å². The molecule has 1 aliphatic heterocycles. The number of benzene rings is 2. The molecule has 0 unspecified atom stereocenters. The Morgan fingerprint density at radius 2 is 1.58 bits per heavy atom. The van der Waals surface area contributed by atoms with E-state index >= 15 is 0 Å². The van der Waals surface area contributed by atoms with Gasteiger partial charge in [-0.15, -0.1) is 0 Å². The minimum Gasteiger partial charge on any atom is -0.380 e. The number of nitrogens with two attached hydrogens (primary N) is 1. The van der Waals surface area contributed by atoms with Crippen molar-refractivity contribution in [3.05, 3.63) is 60.2 Å². The van der Waals surface area contributed by atoms with Gasteiger partial charge in [0.25, 0.3) is 0 Å². The van der Waals surface area contributed by atoms with Gasteiger partial charge in [0.15, 0.2) is 0 Å². The van der Waals surface area contributed by atoms with Gasteiger partial charge in [0.2, 0.25) is 0 Å². The predicted octanol–water partition coefficient (Wildman–Crippen LogP) is 3.18. The van der Waals surface area contributed by atoms with Crippen LogP contribution in [-0.4, -0.2) is 19.3 Å². The average Bonchev–Trinajstić information content (AvgIpc) is 2.49. The van der Waals surface area contributed by atoms with Gasteiger partial charge in [0, 0.05) is 18.6 Å². The summed E-state index contributed by atoms with van der Waals surface area (Å²) >= 11 is 0. The van der Waals surface area contributed by atoms with Gasteiger partial charge in [-0.25, -0.2) is 0 Å². The molecule has 2 atom stereocenters. The molecule has 0 aliphatic carbocycles. The summed E-state index contributed by atoms with van der Waals surface area (Å²) in [7, 11) is 0. The van der Waals surface area contributed by atoms with Crippen LogP contribution in [0.1, 0.15) is 17.9 Å². The summed E-state index contributed by atoms with van der Waals surface area (Å²) in [4.78, 5) is 0. The first-order chi connectivity index (χ1) is 9.34. The normalized spacial score (nSPS) is 23.2. The Hall–Kier alpha value is -1.64.